The van der Waals surface area contributed by atoms with Crippen LogP contribution in [0, 0.1) is 0 Å². The van der Waals surface area contributed by atoms with Crippen LogP contribution in [0.4, 0.5) is 0 Å². The molecule has 1 aliphatic rings. The van der Waals surface area contributed by atoms with E-state index in [1.54, 1.807) is 11.1 Å². The van der Waals surface area contributed by atoms with Crippen molar-refractivity contribution in [2.75, 3.05) is 0 Å². The quantitative estimate of drug-likeness (QED) is 0.0496. The fraction of sp³-hybridized carbons (Fsp3) is 0.325. The molecular formula is C77H80N2S4. The maximum absolute atomic E-state index is 3.61. The predicted octanol–water partition coefficient (Wildman–Crippen LogP) is 25.8. The van der Waals surface area contributed by atoms with Crippen molar-refractivity contribution in [3.63, 3.8) is 0 Å². The Morgan fingerprint density at radius 2 is 0.723 bits per heavy atom. The minimum absolute atomic E-state index is 0.0226. The van der Waals surface area contributed by atoms with Gasteiger partial charge in [-0.3, -0.25) is 0 Å². The third-order valence-electron chi connectivity index (χ3n) is 18.3. The molecule has 6 heterocycles. The maximum Gasteiger partial charge on any atom is 0.0491 e. The molecule has 0 saturated carbocycles. The Kier molecular flexibility index (Phi) is 17.2. The molecule has 6 aromatic carbocycles. The Morgan fingerprint density at radius 1 is 0.325 bits per heavy atom. The number of rotatable bonds is 27. The zero-order valence-corrected chi connectivity index (χ0v) is 52.4. The molecule has 1 aliphatic carbocycles. The van der Waals surface area contributed by atoms with Crippen molar-refractivity contribution in [3.8, 4) is 72.4 Å². The van der Waals surface area contributed by atoms with Crippen LogP contribution in [0.15, 0.2) is 170 Å². The lowest BCUT2D eigenvalue weighted by Gasteiger charge is -2.33. The summed E-state index contributed by atoms with van der Waals surface area (Å²) in [5.41, 5.74) is 16.5. The predicted molar refractivity (Wildman–Crippen MR) is 369 cm³/mol. The zero-order valence-electron chi connectivity index (χ0n) is 49.1. The first-order valence-electron chi connectivity index (χ1n) is 31.7. The molecule has 0 saturated heterocycles. The summed E-state index contributed by atoms with van der Waals surface area (Å²) in [6, 6.07) is 66.0. The SMILES string of the molecule is CCCCCCCCn1c2ccccc2c2cc(-c3ccc(-c4ccc(-c5ccc6c(c5)C(CCCCCCCC)(CCCCCCCC)c5cc(-c7ccc(-c8ccc(-c9ccc%10[nH]c%11ccccc%11c%10c9)s8)s7)ccc5-6)s4)s3)ccc21. The number of benzene rings is 6. The van der Waals surface area contributed by atoms with Crippen molar-refractivity contribution in [2.45, 2.75) is 161 Å². The minimum atomic E-state index is -0.0226. The molecule has 0 spiro atoms. The van der Waals surface area contributed by atoms with Gasteiger partial charge >= 0.3 is 0 Å². The molecule has 83 heavy (non-hydrogen) atoms. The van der Waals surface area contributed by atoms with Crippen molar-refractivity contribution in [2.24, 2.45) is 0 Å². The third kappa shape index (κ3) is 11.4. The Labute approximate surface area is 509 Å². The molecule has 13 rings (SSSR count). The van der Waals surface area contributed by atoms with E-state index in [1.807, 2.05) is 45.3 Å². The molecule has 0 radical (unpaired) electrons. The van der Waals surface area contributed by atoms with Crippen LogP contribution in [0.5, 0.6) is 0 Å². The van der Waals surface area contributed by atoms with Crippen LogP contribution in [-0.4, -0.2) is 9.55 Å². The second kappa shape index (κ2) is 25.5. The molecule has 0 atom stereocenters. The van der Waals surface area contributed by atoms with Gasteiger partial charge in [-0.1, -0.05) is 203 Å². The van der Waals surface area contributed by atoms with E-state index < -0.39 is 0 Å². The van der Waals surface area contributed by atoms with Gasteiger partial charge in [-0.25, -0.2) is 0 Å². The van der Waals surface area contributed by atoms with E-state index in [9.17, 15) is 0 Å². The van der Waals surface area contributed by atoms with Crippen molar-refractivity contribution < 1.29 is 0 Å². The van der Waals surface area contributed by atoms with Gasteiger partial charge in [0.05, 0.1) is 0 Å². The van der Waals surface area contributed by atoms with Crippen molar-refractivity contribution in [1.29, 1.82) is 0 Å². The Bertz CT molecular complexity index is 4150. The van der Waals surface area contributed by atoms with Gasteiger partial charge in [0.25, 0.3) is 0 Å². The molecule has 2 nitrogen and oxygen atoms in total. The molecule has 0 aliphatic heterocycles. The summed E-state index contributed by atoms with van der Waals surface area (Å²) in [7, 11) is 0. The number of aryl methyl sites for hydroxylation is 1. The van der Waals surface area contributed by atoms with Gasteiger partial charge in [-0.05, 0) is 161 Å². The first-order chi connectivity index (χ1) is 41.0. The summed E-state index contributed by atoms with van der Waals surface area (Å²) in [5.74, 6) is 0. The summed E-state index contributed by atoms with van der Waals surface area (Å²) in [5, 5.41) is 5.32. The number of hydrogen-bond acceptors (Lipinski definition) is 4. The number of aromatic amines is 1. The molecule has 6 aromatic heterocycles. The Balaban J connectivity index is 0.794. The van der Waals surface area contributed by atoms with Crippen LogP contribution >= 0.6 is 45.3 Å². The summed E-state index contributed by atoms with van der Waals surface area (Å²) < 4.78 is 2.58. The number of para-hydroxylation sites is 2. The maximum atomic E-state index is 3.61. The standard InChI is InChI=1S/C77H80N2S4/c1-4-7-10-13-16-23-46-77(47-24-17-14-11-8-5-2)63-51-55(71-40-44-75(82-71)73-42-38-69(80-73)53-32-36-66-61(49-53)59-26-19-21-28-65(59)78-66)30-34-57(63)58-35-31-56(52-64(58)77)72-41-45-76(83-72)74-43-39-70(81-74)54-33-37-68-62(50-54)60-27-20-22-29-67(60)79(68)48-25-18-15-12-9-6-3/h19-22,26-45,49-52,78H,4-18,23-25,46-48H2,1-3H3. The van der Waals surface area contributed by atoms with Gasteiger partial charge in [-0.15, -0.1) is 45.3 Å². The van der Waals surface area contributed by atoms with Gasteiger partial charge in [0.1, 0.15) is 0 Å². The van der Waals surface area contributed by atoms with E-state index in [0.29, 0.717) is 0 Å². The second-order valence-corrected chi connectivity index (χ2v) is 28.2. The Hall–Kier alpha value is -6.28. The number of H-pyrrole nitrogens is 1. The molecule has 422 valence electrons. The lowest BCUT2D eigenvalue weighted by atomic mass is 9.70. The molecule has 6 heteroatoms. The number of nitrogens with one attached hydrogen (secondary N) is 1. The van der Waals surface area contributed by atoms with E-state index in [1.165, 1.54) is 244 Å². The number of nitrogens with zero attached hydrogens (tertiary/aromatic N) is 1. The topological polar surface area (TPSA) is 20.7 Å². The molecule has 0 fully saturated rings. The minimum Gasteiger partial charge on any atom is -0.355 e. The third-order valence-corrected chi connectivity index (χ3v) is 23.3. The van der Waals surface area contributed by atoms with Gasteiger partial charge in [-0.2, -0.15) is 0 Å². The van der Waals surface area contributed by atoms with Crippen molar-refractivity contribution in [1.82, 2.24) is 9.55 Å². The van der Waals surface area contributed by atoms with E-state index in [2.05, 4.69) is 200 Å². The molecule has 1 N–H and O–H groups in total. The van der Waals surface area contributed by atoms with Gasteiger partial charge < -0.3 is 9.55 Å². The van der Waals surface area contributed by atoms with E-state index in [4.69, 9.17) is 0 Å². The van der Waals surface area contributed by atoms with Crippen LogP contribution < -0.4 is 0 Å². The second-order valence-electron chi connectivity index (χ2n) is 23.9. The Morgan fingerprint density at radius 3 is 1.27 bits per heavy atom. The highest BCUT2D eigenvalue weighted by molar-refractivity contribution is 7.25. The highest BCUT2D eigenvalue weighted by Crippen LogP contribution is 2.57. The van der Waals surface area contributed by atoms with E-state index in [-0.39, 0.29) is 5.41 Å². The van der Waals surface area contributed by atoms with Gasteiger partial charge in [0.15, 0.2) is 0 Å². The van der Waals surface area contributed by atoms with Crippen LogP contribution in [0.1, 0.15) is 160 Å². The molecule has 12 aromatic rings. The highest BCUT2D eigenvalue weighted by Gasteiger charge is 2.43. The van der Waals surface area contributed by atoms with E-state index >= 15 is 0 Å². The fourth-order valence-electron chi connectivity index (χ4n) is 13.9. The number of hydrogen-bond donors (Lipinski definition) is 1. The van der Waals surface area contributed by atoms with Crippen LogP contribution in [-0.2, 0) is 12.0 Å². The molecule has 0 amide bonds. The smallest absolute Gasteiger partial charge is 0.0491 e. The number of aromatic nitrogens is 2. The first kappa shape index (κ1) is 55.9. The molecule has 0 unspecified atom stereocenters. The number of fused-ring (bicyclic) bond motifs is 9. The van der Waals surface area contributed by atoms with Crippen LogP contribution in [0.25, 0.3) is 116 Å². The summed E-state index contributed by atoms with van der Waals surface area (Å²) >= 11 is 7.77. The first-order valence-corrected chi connectivity index (χ1v) is 35.0. The normalized spacial score (nSPS) is 12.9. The monoisotopic (exact) mass is 1160 g/mol. The van der Waals surface area contributed by atoms with Crippen LogP contribution in [0.3, 0.4) is 0 Å². The largest absolute Gasteiger partial charge is 0.355 e. The fourth-order valence-corrected chi connectivity index (χ4v) is 18.1. The van der Waals surface area contributed by atoms with Crippen molar-refractivity contribution >= 4 is 89.0 Å². The van der Waals surface area contributed by atoms with Crippen molar-refractivity contribution in [3.05, 3.63) is 181 Å². The van der Waals surface area contributed by atoms with Crippen LogP contribution in [0.2, 0.25) is 0 Å². The average molecular weight is 1160 g/mol. The highest BCUT2D eigenvalue weighted by atomic mass is 32.1. The summed E-state index contributed by atoms with van der Waals surface area (Å²) in [6.45, 7) is 8.06. The molecular weight excluding hydrogens is 1080 g/mol. The lowest BCUT2D eigenvalue weighted by Crippen LogP contribution is -2.25. The average Bonchev–Trinajstić information content (AvgIpc) is 2.51. The number of unbranched alkanes of at least 4 members (excludes halogenated alkanes) is 15. The van der Waals surface area contributed by atoms with Gasteiger partial charge in [0.2, 0.25) is 0 Å². The van der Waals surface area contributed by atoms with Gasteiger partial charge in [0, 0.05) is 94.6 Å². The molecule has 0 bridgehead atoms. The summed E-state index contributed by atoms with van der Waals surface area (Å²) in [4.78, 5) is 14.4. The summed E-state index contributed by atoms with van der Waals surface area (Å²) in [6.07, 6.45) is 26.1. The number of thiophene rings is 4. The van der Waals surface area contributed by atoms with E-state index in [0.717, 1.165) is 6.54 Å². The zero-order chi connectivity index (χ0) is 56.1. The lowest BCUT2D eigenvalue weighted by molar-refractivity contribution is 0.398.